The smallest absolute Gasteiger partial charge is 0.167 e. The van der Waals surface area contributed by atoms with Crippen LogP contribution in [-0.2, 0) is 0 Å². The van der Waals surface area contributed by atoms with Crippen molar-refractivity contribution in [3.8, 4) is 11.4 Å². The summed E-state index contributed by atoms with van der Waals surface area (Å²) in [5.41, 5.74) is 3.64. The molecular formula is C25H25FN8. The van der Waals surface area contributed by atoms with E-state index in [1.54, 1.807) is 19.3 Å². The molecule has 6 rings (SSSR count). The Morgan fingerprint density at radius 1 is 1.06 bits per heavy atom. The Morgan fingerprint density at radius 3 is 2.71 bits per heavy atom. The number of fused-ring (bicyclic) bond motifs is 1. The number of nitrogens with one attached hydrogen (secondary N) is 2. The molecule has 9 heteroatoms. The van der Waals surface area contributed by atoms with Crippen molar-refractivity contribution in [3.05, 3.63) is 59.9 Å². The van der Waals surface area contributed by atoms with Crippen LogP contribution in [-0.4, -0.2) is 51.1 Å². The highest BCUT2D eigenvalue weighted by atomic mass is 19.1. The zero-order valence-corrected chi connectivity index (χ0v) is 18.9. The van der Waals surface area contributed by atoms with Crippen LogP contribution in [0.4, 0.5) is 21.8 Å². The van der Waals surface area contributed by atoms with Crippen molar-refractivity contribution in [2.45, 2.75) is 25.7 Å². The van der Waals surface area contributed by atoms with E-state index in [1.165, 1.54) is 24.5 Å². The summed E-state index contributed by atoms with van der Waals surface area (Å²) in [5.74, 6) is 2.29. The Hall–Kier alpha value is -3.72. The zero-order chi connectivity index (χ0) is 23.1. The molecule has 0 unspecified atom stereocenters. The summed E-state index contributed by atoms with van der Waals surface area (Å²) in [6.45, 7) is 5.42. The predicted molar refractivity (Wildman–Crippen MR) is 130 cm³/mol. The van der Waals surface area contributed by atoms with Crippen molar-refractivity contribution < 1.29 is 4.39 Å². The van der Waals surface area contributed by atoms with Crippen molar-refractivity contribution >= 4 is 28.4 Å². The van der Waals surface area contributed by atoms with E-state index in [4.69, 9.17) is 9.97 Å². The van der Waals surface area contributed by atoms with Gasteiger partial charge in [0.2, 0.25) is 0 Å². The maximum absolute atomic E-state index is 14.3. The fourth-order valence-electron chi connectivity index (χ4n) is 4.41. The van der Waals surface area contributed by atoms with Gasteiger partial charge in [-0.05, 0) is 55.0 Å². The second-order valence-electron chi connectivity index (χ2n) is 8.90. The van der Waals surface area contributed by atoms with E-state index >= 15 is 0 Å². The van der Waals surface area contributed by atoms with E-state index in [9.17, 15) is 4.39 Å². The standard InChI is InChI=1S/C25H25FN8/c1-15-10-19(26)24(30-12-15)32-21-11-17(4-5-29-21)23-31-20-14-28-13-18(16-2-3-16)22(20)25(33-23)34-8-6-27-7-9-34/h4-5,10-14,16,27H,2-3,6-9H2,1H3,(H,29,30,32). The van der Waals surface area contributed by atoms with E-state index in [-0.39, 0.29) is 5.82 Å². The van der Waals surface area contributed by atoms with Crippen molar-refractivity contribution in [1.29, 1.82) is 0 Å². The average Bonchev–Trinajstić information content (AvgIpc) is 3.71. The molecule has 34 heavy (non-hydrogen) atoms. The lowest BCUT2D eigenvalue weighted by Crippen LogP contribution is -2.44. The summed E-state index contributed by atoms with van der Waals surface area (Å²) < 4.78 is 14.3. The molecule has 0 atom stereocenters. The highest BCUT2D eigenvalue weighted by Gasteiger charge is 2.29. The molecule has 2 fully saturated rings. The average molecular weight is 457 g/mol. The van der Waals surface area contributed by atoms with Crippen molar-refractivity contribution in [2.24, 2.45) is 0 Å². The number of hydrogen-bond acceptors (Lipinski definition) is 8. The van der Waals surface area contributed by atoms with Gasteiger partial charge < -0.3 is 15.5 Å². The van der Waals surface area contributed by atoms with Crippen LogP contribution in [0.3, 0.4) is 0 Å². The Kier molecular flexibility index (Phi) is 5.26. The van der Waals surface area contributed by atoms with Crippen LogP contribution in [0.25, 0.3) is 22.3 Å². The minimum Gasteiger partial charge on any atom is -0.353 e. The van der Waals surface area contributed by atoms with E-state index < -0.39 is 5.82 Å². The number of hydrogen-bond donors (Lipinski definition) is 2. The van der Waals surface area contributed by atoms with Crippen LogP contribution >= 0.6 is 0 Å². The molecule has 0 aromatic carbocycles. The molecule has 0 amide bonds. The largest absolute Gasteiger partial charge is 0.353 e. The predicted octanol–water partition coefficient (Wildman–Crippen LogP) is 3.96. The third kappa shape index (κ3) is 4.03. The Labute approximate surface area is 196 Å². The van der Waals surface area contributed by atoms with Gasteiger partial charge in [0, 0.05) is 55.7 Å². The summed E-state index contributed by atoms with van der Waals surface area (Å²) in [6.07, 6.45) is 9.46. The number of rotatable bonds is 5. The number of nitrogens with zero attached hydrogens (tertiary/aromatic N) is 6. The van der Waals surface area contributed by atoms with Gasteiger partial charge >= 0.3 is 0 Å². The summed E-state index contributed by atoms with van der Waals surface area (Å²) >= 11 is 0. The van der Waals surface area contributed by atoms with Crippen LogP contribution in [0.5, 0.6) is 0 Å². The second-order valence-corrected chi connectivity index (χ2v) is 8.90. The first-order chi connectivity index (χ1) is 16.7. The third-order valence-corrected chi connectivity index (χ3v) is 6.29. The topological polar surface area (TPSA) is 91.8 Å². The number of aryl methyl sites for hydroxylation is 1. The molecule has 5 heterocycles. The lowest BCUT2D eigenvalue weighted by Gasteiger charge is -2.30. The molecule has 1 aliphatic carbocycles. The number of halogens is 1. The summed E-state index contributed by atoms with van der Waals surface area (Å²) in [6, 6.07) is 5.13. The first-order valence-corrected chi connectivity index (χ1v) is 11.6. The van der Waals surface area contributed by atoms with Gasteiger partial charge in [-0.15, -0.1) is 0 Å². The van der Waals surface area contributed by atoms with Crippen molar-refractivity contribution in [2.75, 3.05) is 36.4 Å². The molecule has 172 valence electrons. The molecule has 0 radical (unpaired) electrons. The van der Waals surface area contributed by atoms with Crippen molar-refractivity contribution in [3.63, 3.8) is 0 Å². The highest BCUT2D eigenvalue weighted by molar-refractivity contribution is 5.94. The molecule has 4 aromatic rings. The fraction of sp³-hybridized carbons (Fsp3) is 0.320. The van der Waals surface area contributed by atoms with Gasteiger partial charge in [-0.2, -0.15) is 0 Å². The molecule has 0 bridgehead atoms. The number of piperazine rings is 1. The zero-order valence-electron chi connectivity index (χ0n) is 18.9. The van der Waals surface area contributed by atoms with Gasteiger partial charge in [-0.3, -0.25) is 4.98 Å². The summed E-state index contributed by atoms with van der Waals surface area (Å²) in [4.78, 5) is 25.3. The lowest BCUT2D eigenvalue weighted by atomic mass is 10.1. The van der Waals surface area contributed by atoms with Gasteiger partial charge in [0.15, 0.2) is 17.5 Å². The maximum atomic E-state index is 14.3. The Morgan fingerprint density at radius 2 is 1.91 bits per heavy atom. The quantitative estimate of drug-likeness (QED) is 0.466. The minimum atomic E-state index is -0.422. The van der Waals surface area contributed by atoms with Crippen LogP contribution in [0.2, 0.25) is 0 Å². The summed E-state index contributed by atoms with van der Waals surface area (Å²) in [7, 11) is 0. The second kappa shape index (κ2) is 8.57. The van der Waals surface area contributed by atoms with Gasteiger partial charge in [-0.1, -0.05) is 0 Å². The van der Waals surface area contributed by atoms with E-state index in [2.05, 4.69) is 30.5 Å². The Bertz CT molecular complexity index is 1360. The Balaban J connectivity index is 1.43. The first kappa shape index (κ1) is 20.9. The van der Waals surface area contributed by atoms with Gasteiger partial charge in [-0.25, -0.2) is 24.3 Å². The third-order valence-electron chi connectivity index (χ3n) is 6.29. The van der Waals surface area contributed by atoms with Gasteiger partial charge in [0.1, 0.15) is 11.6 Å². The van der Waals surface area contributed by atoms with Crippen LogP contribution in [0, 0.1) is 12.7 Å². The molecule has 0 spiro atoms. The normalized spacial score (nSPS) is 16.1. The SMILES string of the molecule is Cc1cnc(Nc2cc(-c3nc(N4CCNCC4)c4c(C5CC5)cncc4n3)ccn2)c(F)c1. The summed E-state index contributed by atoms with van der Waals surface area (Å²) in [5, 5.41) is 7.50. The van der Waals surface area contributed by atoms with Gasteiger partial charge in [0.25, 0.3) is 0 Å². The number of anilines is 3. The van der Waals surface area contributed by atoms with Crippen LogP contribution < -0.4 is 15.5 Å². The van der Waals surface area contributed by atoms with E-state index in [0.29, 0.717) is 17.6 Å². The molecule has 2 N–H and O–H groups in total. The highest BCUT2D eigenvalue weighted by Crippen LogP contribution is 2.44. The molecular weight excluding hydrogens is 431 g/mol. The van der Waals surface area contributed by atoms with E-state index in [1.807, 2.05) is 24.5 Å². The first-order valence-electron chi connectivity index (χ1n) is 11.6. The van der Waals surface area contributed by atoms with Crippen molar-refractivity contribution in [1.82, 2.24) is 30.2 Å². The van der Waals surface area contributed by atoms with Crippen LogP contribution in [0.1, 0.15) is 29.9 Å². The molecule has 1 aliphatic heterocycles. The molecule has 8 nitrogen and oxygen atoms in total. The number of aromatic nitrogens is 5. The number of pyridine rings is 3. The monoisotopic (exact) mass is 456 g/mol. The lowest BCUT2D eigenvalue weighted by molar-refractivity contribution is 0.586. The fourth-order valence-corrected chi connectivity index (χ4v) is 4.41. The minimum absolute atomic E-state index is 0.134. The van der Waals surface area contributed by atoms with Crippen LogP contribution in [0.15, 0.2) is 43.0 Å². The molecule has 2 aliphatic rings. The van der Waals surface area contributed by atoms with Gasteiger partial charge in [0.05, 0.1) is 11.7 Å². The molecule has 1 saturated heterocycles. The molecule has 4 aromatic heterocycles. The molecule has 1 saturated carbocycles. The maximum Gasteiger partial charge on any atom is 0.167 e. The van der Waals surface area contributed by atoms with E-state index in [0.717, 1.165) is 54.0 Å².